The van der Waals surface area contributed by atoms with E-state index in [1.54, 1.807) is 24.3 Å². The van der Waals surface area contributed by atoms with E-state index < -0.39 is 10.0 Å². The molecule has 0 bridgehead atoms. The van der Waals surface area contributed by atoms with Crippen LogP contribution in [0.15, 0.2) is 33.9 Å². The Morgan fingerprint density at radius 1 is 1.35 bits per heavy atom. The van der Waals surface area contributed by atoms with Crippen molar-refractivity contribution in [2.45, 2.75) is 18.2 Å². The Morgan fingerprint density at radius 3 is 2.70 bits per heavy atom. The van der Waals surface area contributed by atoms with Crippen molar-refractivity contribution in [3.05, 3.63) is 40.1 Å². The van der Waals surface area contributed by atoms with Gasteiger partial charge in [0.05, 0.1) is 4.90 Å². The zero-order chi connectivity index (χ0) is 14.8. The summed E-state index contributed by atoms with van der Waals surface area (Å²) < 4.78 is 23.0. The van der Waals surface area contributed by atoms with Gasteiger partial charge in [-0.2, -0.15) is 11.3 Å². The highest BCUT2D eigenvalue weighted by molar-refractivity contribution is 7.89. The van der Waals surface area contributed by atoms with Gasteiger partial charge in [0.25, 0.3) is 0 Å². The van der Waals surface area contributed by atoms with E-state index in [-0.39, 0.29) is 4.90 Å². The standard InChI is InChI=1S/C13H17N3O2S2/c1-9-12(16-4-2-10-3-5-19-8-10)6-11(14)7-13(9)20(15,17)18/h3,5-8,16H,2,4,14H2,1H3,(H2,15,17,18). The van der Waals surface area contributed by atoms with Crippen LogP contribution in [0.5, 0.6) is 0 Å². The molecule has 108 valence electrons. The van der Waals surface area contributed by atoms with Gasteiger partial charge in [-0.15, -0.1) is 0 Å². The molecule has 0 aliphatic carbocycles. The fourth-order valence-corrected chi connectivity index (χ4v) is 3.50. The monoisotopic (exact) mass is 311 g/mol. The summed E-state index contributed by atoms with van der Waals surface area (Å²) in [7, 11) is -3.77. The van der Waals surface area contributed by atoms with Crippen LogP contribution in [-0.2, 0) is 16.4 Å². The SMILES string of the molecule is Cc1c(NCCc2ccsc2)cc(N)cc1S(N)(=O)=O. The molecule has 5 nitrogen and oxygen atoms in total. The highest BCUT2D eigenvalue weighted by atomic mass is 32.2. The zero-order valence-electron chi connectivity index (χ0n) is 11.1. The molecular weight excluding hydrogens is 294 g/mol. The summed E-state index contributed by atoms with van der Waals surface area (Å²) in [5, 5.41) is 12.5. The van der Waals surface area contributed by atoms with Gasteiger partial charge in [-0.3, -0.25) is 0 Å². The molecule has 1 heterocycles. The second-order valence-corrected chi connectivity index (χ2v) is 6.85. The molecule has 0 saturated carbocycles. The van der Waals surface area contributed by atoms with Gasteiger partial charge in [0.1, 0.15) is 0 Å². The Balaban J connectivity index is 2.17. The van der Waals surface area contributed by atoms with Gasteiger partial charge in [0, 0.05) is 17.9 Å². The average molecular weight is 311 g/mol. The second-order valence-electron chi connectivity index (χ2n) is 4.54. The minimum absolute atomic E-state index is 0.0653. The number of primary sulfonamides is 1. The molecule has 7 heteroatoms. The first kappa shape index (κ1) is 14.8. The van der Waals surface area contributed by atoms with Crippen molar-refractivity contribution in [2.24, 2.45) is 5.14 Å². The molecule has 0 aliphatic heterocycles. The van der Waals surface area contributed by atoms with Crippen molar-refractivity contribution in [1.29, 1.82) is 0 Å². The van der Waals surface area contributed by atoms with Crippen LogP contribution >= 0.6 is 11.3 Å². The minimum atomic E-state index is -3.77. The van der Waals surface area contributed by atoms with Crippen LogP contribution in [0.25, 0.3) is 0 Å². The van der Waals surface area contributed by atoms with Crippen LogP contribution in [0.2, 0.25) is 0 Å². The van der Waals surface area contributed by atoms with Crippen molar-refractivity contribution in [3.63, 3.8) is 0 Å². The van der Waals surface area contributed by atoms with E-state index in [2.05, 4.69) is 16.8 Å². The molecule has 0 unspecified atom stereocenters. The third kappa shape index (κ3) is 3.50. The van der Waals surface area contributed by atoms with E-state index in [1.165, 1.54) is 11.6 Å². The number of thiophene rings is 1. The van der Waals surface area contributed by atoms with Crippen molar-refractivity contribution in [3.8, 4) is 0 Å². The normalized spacial score (nSPS) is 11.5. The summed E-state index contributed by atoms with van der Waals surface area (Å²) in [4.78, 5) is 0.0653. The number of hydrogen-bond donors (Lipinski definition) is 3. The summed E-state index contributed by atoms with van der Waals surface area (Å²) in [6.07, 6.45) is 0.864. The summed E-state index contributed by atoms with van der Waals surface area (Å²) in [5.74, 6) is 0. The van der Waals surface area contributed by atoms with Crippen molar-refractivity contribution >= 4 is 32.7 Å². The first-order valence-corrected chi connectivity index (χ1v) is 8.54. The van der Waals surface area contributed by atoms with Crippen LogP contribution in [0.3, 0.4) is 0 Å². The molecule has 0 saturated heterocycles. The Morgan fingerprint density at radius 2 is 2.10 bits per heavy atom. The lowest BCUT2D eigenvalue weighted by Gasteiger charge is -2.13. The fraction of sp³-hybridized carbons (Fsp3) is 0.231. The summed E-state index contributed by atoms with van der Waals surface area (Å²) in [5.41, 5.74) is 8.64. The van der Waals surface area contributed by atoms with E-state index in [0.29, 0.717) is 23.5 Å². The predicted octanol–water partition coefficient (Wildman–Crippen LogP) is 1.94. The Labute approximate surface area is 122 Å². The quantitative estimate of drug-likeness (QED) is 0.735. The van der Waals surface area contributed by atoms with Gasteiger partial charge < -0.3 is 11.1 Å². The number of nitrogens with one attached hydrogen (secondary N) is 1. The Kier molecular flexibility index (Phi) is 4.32. The number of nitrogen functional groups attached to an aromatic ring is 1. The maximum atomic E-state index is 11.5. The van der Waals surface area contributed by atoms with Crippen LogP contribution in [-0.4, -0.2) is 15.0 Å². The lowest BCUT2D eigenvalue weighted by Crippen LogP contribution is -2.16. The van der Waals surface area contributed by atoms with Gasteiger partial charge >= 0.3 is 0 Å². The maximum absolute atomic E-state index is 11.5. The first-order valence-electron chi connectivity index (χ1n) is 6.06. The van der Waals surface area contributed by atoms with Gasteiger partial charge in [0.2, 0.25) is 10.0 Å². The first-order chi connectivity index (χ1) is 9.38. The van der Waals surface area contributed by atoms with Crippen molar-refractivity contribution < 1.29 is 8.42 Å². The molecule has 0 atom stereocenters. The number of nitrogens with two attached hydrogens (primary N) is 2. The molecular formula is C13H17N3O2S2. The predicted molar refractivity (Wildman–Crippen MR) is 83.5 cm³/mol. The minimum Gasteiger partial charge on any atom is -0.399 e. The summed E-state index contributed by atoms with van der Waals surface area (Å²) >= 11 is 1.65. The zero-order valence-corrected chi connectivity index (χ0v) is 12.7. The van der Waals surface area contributed by atoms with Gasteiger partial charge in [-0.25, -0.2) is 13.6 Å². The maximum Gasteiger partial charge on any atom is 0.238 e. The lowest BCUT2D eigenvalue weighted by atomic mass is 10.1. The van der Waals surface area contributed by atoms with Crippen LogP contribution < -0.4 is 16.2 Å². The van der Waals surface area contributed by atoms with E-state index in [1.807, 2.05) is 5.38 Å². The average Bonchev–Trinajstić information content (AvgIpc) is 2.84. The lowest BCUT2D eigenvalue weighted by molar-refractivity contribution is 0.597. The molecule has 2 aromatic rings. The molecule has 5 N–H and O–H groups in total. The molecule has 1 aromatic carbocycles. The molecule has 0 fully saturated rings. The van der Waals surface area contributed by atoms with Crippen LogP contribution in [0.1, 0.15) is 11.1 Å². The largest absolute Gasteiger partial charge is 0.399 e. The van der Waals surface area contributed by atoms with Crippen molar-refractivity contribution in [2.75, 3.05) is 17.6 Å². The third-order valence-electron chi connectivity index (χ3n) is 3.00. The molecule has 20 heavy (non-hydrogen) atoms. The van der Waals surface area contributed by atoms with Crippen LogP contribution in [0, 0.1) is 6.92 Å². The number of anilines is 2. The summed E-state index contributed by atoms with van der Waals surface area (Å²) in [6.45, 7) is 2.41. The summed E-state index contributed by atoms with van der Waals surface area (Å²) in [6, 6.07) is 5.17. The fourth-order valence-electron chi connectivity index (χ4n) is 1.96. The number of benzene rings is 1. The Hall–Kier alpha value is -1.57. The molecule has 0 amide bonds. The topological polar surface area (TPSA) is 98.2 Å². The highest BCUT2D eigenvalue weighted by Gasteiger charge is 2.15. The van der Waals surface area contributed by atoms with E-state index in [0.717, 1.165) is 6.42 Å². The number of hydrogen-bond acceptors (Lipinski definition) is 5. The van der Waals surface area contributed by atoms with E-state index in [4.69, 9.17) is 10.9 Å². The molecule has 0 spiro atoms. The van der Waals surface area contributed by atoms with Gasteiger partial charge in [-0.05, 0) is 53.4 Å². The highest BCUT2D eigenvalue weighted by Crippen LogP contribution is 2.26. The Bertz CT molecular complexity index is 695. The smallest absolute Gasteiger partial charge is 0.238 e. The molecule has 0 aliphatic rings. The second kappa shape index (κ2) is 5.82. The van der Waals surface area contributed by atoms with Gasteiger partial charge in [0.15, 0.2) is 0 Å². The number of rotatable bonds is 5. The van der Waals surface area contributed by atoms with Gasteiger partial charge in [-0.1, -0.05) is 0 Å². The molecule has 2 rings (SSSR count). The van der Waals surface area contributed by atoms with Crippen LogP contribution in [0.4, 0.5) is 11.4 Å². The van der Waals surface area contributed by atoms with Crippen molar-refractivity contribution in [1.82, 2.24) is 0 Å². The third-order valence-corrected chi connectivity index (χ3v) is 4.77. The molecule has 1 aromatic heterocycles. The number of sulfonamides is 1. The van der Waals surface area contributed by atoms with E-state index >= 15 is 0 Å². The van der Waals surface area contributed by atoms with E-state index in [9.17, 15) is 8.42 Å². The molecule has 0 radical (unpaired) electrons.